The summed E-state index contributed by atoms with van der Waals surface area (Å²) in [5.74, 6) is -0.188. The van der Waals surface area contributed by atoms with E-state index in [9.17, 15) is 10.2 Å². The second kappa shape index (κ2) is 14.0. The molecule has 2 heterocycles. The zero-order chi connectivity index (χ0) is 22.4. The van der Waals surface area contributed by atoms with Gasteiger partial charge in [0.25, 0.3) is 0 Å². The summed E-state index contributed by atoms with van der Waals surface area (Å²) in [5.41, 5.74) is 2.96. The molecule has 4 aromatic rings. The van der Waals surface area contributed by atoms with Crippen molar-refractivity contribution in [2.45, 2.75) is 0 Å². The van der Waals surface area contributed by atoms with Crippen molar-refractivity contribution < 1.29 is 27.3 Å². The van der Waals surface area contributed by atoms with Crippen molar-refractivity contribution in [1.29, 1.82) is 0 Å². The minimum atomic E-state index is -0.0941. The van der Waals surface area contributed by atoms with E-state index in [4.69, 9.17) is 0 Å². The summed E-state index contributed by atoms with van der Waals surface area (Å²) in [6.45, 7) is 0. The zero-order valence-electron chi connectivity index (χ0n) is 17.4. The molecule has 4 N–H and O–H groups in total. The number of benzene rings is 2. The van der Waals surface area contributed by atoms with E-state index < -0.39 is 0 Å². The molecule has 0 aliphatic rings. The van der Waals surface area contributed by atoms with E-state index in [-0.39, 0.29) is 28.9 Å². The number of aliphatic hydroxyl groups excluding tert-OH is 2. The largest absolute Gasteiger partial charge is 0.492 e. The summed E-state index contributed by atoms with van der Waals surface area (Å²) < 4.78 is 0. The van der Waals surface area contributed by atoms with Gasteiger partial charge in [-0.3, -0.25) is 0 Å². The molecular formula is C24H22CuN6O2. The van der Waals surface area contributed by atoms with E-state index in [2.05, 4.69) is 30.4 Å². The molecule has 0 saturated heterocycles. The molecule has 9 heteroatoms. The molecule has 0 aliphatic carbocycles. The third-order valence-electron chi connectivity index (χ3n) is 4.01. The molecule has 0 unspecified atom stereocenters. The minimum absolute atomic E-state index is 0. The summed E-state index contributed by atoms with van der Waals surface area (Å²) in [6, 6.07) is 25.6. The quantitative estimate of drug-likeness (QED) is 0.136. The summed E-state index contributed by atoms with van der Waals surface area (Å²) in [7, 11) is 0. The maximum Gasteiger partial charge on any atom is 0.238 e. The number of hydrogen-bond acceptors (Lipinski definition) is 4. The number of rotatable bonds is 6. The Morgan fingerprint density at radius 3 is 1.30 bits per heavy atom. The third-order valence-corrected chi connectivity index (χ3v) is 4.01. The van der Waals surface area contributed by atoms with Crippen LogP contribution in [0.4, 0.5) is 0 Å². The number of aromatic nitrogens is 2. The molecule has 8 nitrogen and oxygen atoms in total. The molecule has 4 rings (SSSR count). The van der Waals surface area contributed by atoms with Gasteiger partial charge in [0.15, 0.2) is 0 Å². The average Bonchev–Trinajstić information content (AvgIpc) is 3.55. The van der Waals surface area contributed by atoms with Crippen molar-refractivity contribution in [3.05, 3.63) is 120 Å². The SMILES string of the molecule is O/C(=N\N=C\c1ccc[nH]1)c1ccccc1.O/C(=N\N=C\c1ccc[nH]1)c1ccccc1.[Cu]. The molecule has 0 spiro atoms. The molecule has 0 aliphatic heterocycles. The van der Waals surface area contributed by atoms with Crippen LogP contribution in [0.1, 0.15) is 22.5 Å². The molecule has 1 radical (unpaired) electrons. The average molecular weight is 490 g/mol. The van der Waals surface area contributed by atoms with Crippen LogP contribution in [0.5, 0.6) is 0 Å². The van der Waals surface area contributed by atoms with E-state index in [0.29, 0.717) is 11.1 Å². The first-order chi connectivity index (χ1) is 15.7. The normalized spacial score (nSPS) is 11.8. The fourth-order valence-corrected chi connectivity index (χ4v) is 2.43. The number of nitrogens with one attached hydrogen (secondary N) is 2. The van der Waals surface area contributed by atoms with E-state index in [1.165, 1.54) is 0 Å². The predicted molar refractivity (Wildman–Crippen MR) is 128 cm³/mol. The van der Waals surface area contributed by atoms with Crippen LogP contribution in [0.3, 0.4) is 0 Å². The number of nitrogens with zero attached hydrogens (tertiary/aromatic N) is 4. The summed E-state index contributed by atoms with van der Waals surface area (Å²) >= 11 is 0. The van der Waals surface area contributed by atoms with Crippen LogP contribution in [0.15, 0.2) is 118 Å². The first-order valence-electron chi connectivity index (χ1n) is 9.70. The van der Waals surface area contributed by atoms with Crippen molar-refractivity contribution in [2.24, 2.45) is 20.4 Å². The molecule has 2 aromatic heterocycles. The Morgan fingerprint density at radius 2 is 0.970 bits per heavy atom. The van der Waals surface area contributed by atoms with Crippen LogP contribution in [-0.4, -0.2) is 44.4 Å². The molecule has 0 bridgehead atoms. The first kappa shape index (κ1) is 25.1. The third kappa shape index (κ3) is 8.82. The molecule has 0 saturated carbocycles. The molecule has 0 fully saturated rings. The zero-order valence-corrected chi connectivity index (χ0v) is 18.3. The van der Waals surface area contributed by atoms with Gasteiger partial charge in [0.2, 0.25) is 11.8 Å². The van der Waals surface area contributed by atoms with Crippen molar-refractivity contribution in [3.8, 4) is 0 Å². The predicted octanol–water partition coefficient (Wildman–Crippen LogP) is 4.70. The minimum Gasteiger partial charge on any atom is -0.492 e. The summed E-state index contributed by atoms with van der Waals surface area (Å²) in [6.07, 6.45) is 6.67. The Hall–Kier alpha value is -4.20. The van der Waals surface area contributed by atoms with Crippen LogP contribution in [-0.2, 0) is 17.1 Å². The van der Waals surface area contributed by atoms with Crippen LogP contribution >= 0.6 is 0 Å². The number of aliphatic hydroxyl groups is 2. The smallest absolute Gasteiger partial charge is 0.238 e. The number of aromatic amines is 2. The van der Waals surface area contributed by atoms with Crippen LogP contribution in [0.25, 0.3) is 0 Å². The molecule has 33 heavy (non-hydrogen) atoms. The van der Waals surface area contributed by atoms with E-state index >= 15 is 0 Å². The Morgan fingerprint density at radius 1 is 0.576 bits per heavy atom. The molecular weight excluding hydrogens is 468 g/mol. The monoisotopic (exact) mass is 489 g/mol. The maximum absolute atomic E-state index is 9.58. The van der Waals surface area contributed by atoms with E-state index in [1.54, 1.807) is 49.1 Å². The standard InChI is InChI=1S/2C12H11N3O.Cu/c2*16-12(10-5-2-1-3-6-10)15-14-9-11-7-4-8-13-11;/h2*1-9,13H,(H,15,16);/b2*14-9+;. The van der Waals surface area contributed by atoms with Gasteiger partial charge in [-0.2, -0.15) is 10.2 Å². The van der Waals surface area contributed by atoms with E-state index in [1.807, 2.05) is 60.7 Å². The Kier molecular flexibility index (Phi) is 10.6. The van der Waals surface area contributed by atoms with Crippen molar-refractivity contribution in [1.82, 2.24) is 9.97 Å². The van der Waals surface area contributed by atoms with Crippen molar-refractivity contribution >= 4 is 24.2 Å². The summed E-state index contributed by atoms with van der Waals surface area (Å²) in [5, 5.41) is 34.1. The van der Waals surface area contributed by atoms with Gasteiger partial charge < -0.3 is 20.2 Å². The van der Waals surface area contributed by atoms with Gasteiger partial charge in [0.1, 0.15) is 0 Å². The van der Waals surface area contributed by atoms with Crippen molar-refractivity contribution in [2.75, 3.05) is 0 Å². The van der Waals surface area contributed by atoms with Gasteiger partial charge in [-0.25, -0.2) is 0 Å². The molecule has 0 atom stereocenters. The van der Waals surface area contributed by atoms with Gasteiger partial charge in [-0.1, -0.05) is 36.4 Å². The van der Waals surface area contributed by atoms with Crippen molar-refractivity contribution in [3.63, 3.8) is 0 Å². The van der Waals surface area contributed by atoms with E-state index in [0.717, 1.165) is 11.4 Å². The van der Waals surface area contributed by atoms with Gasteiger partial charge >= 0.3 is 0 Å². The number of hydrogen-bond donors (Lipinski definition) is 4. The summed E-state index contributed by atoms with van der Waals surface area (Å²) in [4.78, 5) is 5.90. The molecule has 2 aromatic carbocycles. The van der Waals surface area contributed by atoms with Gasteiger partial charge in [-0.05, 0) is 48.5 Å². The van der Waals surface area contributed by atoms with Gasteiger partial charge in [0, 0.05) is 40.6 Å². The number of H-pyrrole nitrogens is 2. The molecule has 171 valence electrons. The Bertz CT molecular complexity index is 1070. The fraction of sp³-hybridized carbons (Fsp3) is 0. The first-order valence-corrected chi connectivity index (χ1v) is 9.70. The Balaban J connectivity index is 0.000000227. The molecule has 0 amide bonds. The van der Waals surface area contributed by atoms with Gasteiger partial charge in [-0.15, -0.1) is 10.2 Å². The Labute approximate surface area is 201 Å². The fourth-order valence-electron chi connectivity index (χ4n) is 2.43. The second-order valence-electron chi connectivity index (χ2n) is 6.32. The van der Waals surface area contributed by atoms with Crippen LogP contribution in [0.2, 0.25) is 0 Å². The van der Waals surface area contributed by atoms with Crippen LogP contribution in [0, 0.1) is 0 Å². The van der Waals surface area contributed by atoms with Crippen LogP contribution < -0.4 is 0 Å². The topological polar surface area (TPSA) is 121 Å². The van der Waals surface area contributed by atoms with Gasteiger partial charge in [0.05, 0.1) is 23.8 Å². The maximum atomic E-state index is 9.58. The second-order valence-corrected chi connectivity index (χ2v) is 6.32.